The molecule has 0 aliphatic carbocycles. The molecule has 0 aromatic heterocycles. The second-order valence-electron chi connectivity index (χ2n) is 5.85. The highest BCUT2D eigenvalue weighted by Crippen LogP contribution is 2.34. The molecule has 0 heterocycles. The van der Waals surface area contributed by atoms with Gasteiger partial charge in [0.2, 0.25) is 0 Å². The van der Waals surface area contributed by atoms with Gasteiger partial charge in [-0.3, -0.25) is 0 Å². The van der Waals surface area contributed by atoms with Gasteiger partial charge in [-0.1, -0.05) is 60.7 Å². The first-order valence-corrected chi connectivity index (χ1v) is 9.11. The highest BCUT2D eigenvalue weighted by molar-refractivity contribution is 7.71. The molecule has 2 aromatic carbocycles. The van der Waals surface area contributed by atoms with Gasteiger partial charge in [0.25, 0.3) is 0 Å². The van der Waals surface area contributed by atoms with E-state index in [0.717, 1.165) is 0 Å². The molecule has 0 saturated heterocycles. The molecule has 0 aliphatic heterocycles. The number of benzene rings is 2. The van der Waals surface area contributed by atoms with Crippen LogP contribution in [0.4, 0.5) is 0 Å². The van der Waals surface area contributed by atoms with E-state index < -0.39 is 8.07 Å². The van der Waals surface area contributed by atoms with E-state index >= 15 is 0 Å². The molecule has 0 radical (unpaired) electrons. The lowest BCUT2D eigenvalue weighted by molar-refractivity contribution is 0.302. The Morgan fingerprint density at radius 3 is 1.55 bits per heavy atom. The molecule has 3 heteroatoms. The summed E-state index contributed by atoms with van der Waals surface area (Å²) in [7, 11) is -0.705. The number of hydrogen-bond acceptors (Lipinski definition) is 1. The topological polar surface area (TPSA) is 15.6 Å². The Balaban J connectivity index is 2.34. The Morgan fingerprint density at radius 1 is 0.773 bits per heavy atom. The Labute approximate surface area is 135 Å². The summed E-state index contributed by atoms with van der Waals surface area (Å²) < 4.78 is 4.97. The van der Waals surface area contributed by atoms with Gasteiger partial charge >= 0.3 is 0 Å². The molecule has 0 unspecified atom stereocenters. The normalized spacial score (nSPS) is 11.8. The first kappa shape index (κ1) is 16.7. The van der Waals surface area contributed by atoms with Crippen LogP contribution in [0.25, 0.3) is 0 Å². The van der Waals surface area contributed by atoms with Gasteiger partial charge < -0.3 is 4.90 Å². The van der Waals surface area contributed by atoms with Crippen molar-refractivity contribution < 1.29 is 0 Å². The van der Waals surface area contributed by atoms with E-state index in [1.54, 1.807) is 0 Å². The minimum atomic E-state index is -0.705. The fourth-order valence-electron chi connectivity index (χ4n) is 2.40. The van der Waals surface area contributed by atoms with E-state index in [0.29, 0.717) is 12.1 Å². The first-order valence-electron chi connectivity index (χ1n) is 7.81. The molecule has 0 N–H and O–H groups in total. The predicted molar refractivity (Wildman–Crippen MR) is 99.7 cm³/mol. The maximum absolute atomic E-state index is 4.97. The Hall–Kier alpha value is -1.66. The lowest BCUT2D eigenvalue weighted by atomic mass is 10.2. The molecule has 0 atom stereocenters. The van der Waals surface area contributed by atoms with Gasteiger partial charge in [-0.15, -0.1) is 0 Å². The van der Waals surface area contributed by atoms with Crippen molar-refractivity contribution >= 4 is 25.0 Å². The maximum Gasteiger partial charge on any atom is 0.0906 e. The van der Waals surface area contributed by atoms with Crippen molar-refractivity contribution in [1.82, 2.24) is 4.90 Å². The van der Waals surface area contributed by atoms with Gasteiger partial charge in [-0.2, -0.15) is 0 Å². The van der Waals surface area contributed by atoms with Crippen LogP contribution in [0, 0.1) is 0 Å². The molecule has 0 fully saturated rings. The number of nitrogens with zero attached hydrogens (tertiary/aromatic N) is 2. The van der Waals surface area contributed by atoms with Crippen LogP contribution in [-0.4, -0.2) is 23.3 Å². The lowest BCUT2D eigenvalue weighted by Crippen LogP contribution is -2.35. The quantitative estimate of drug-likeness (QED) is 0.444. The lowest BCUT2D eigenvalue weighted by Gasteiger charge is -2.28. The van der Waals surface area contributed by atoms with Gasteiger partial charge in [0.15, 0.2) is 0 Å². The minimum absolute atomic E-state index is 0.451. The standard InChI is InChI=1S/C19H25N2P/c1-16(2)21(17(3)4)15-20-22(18-11-7-5-8-12-18)19-13-9-6-10-14-19/h5-17H,1-4H3/b20-15+. The molecule has 0 spiro atoms. The zero-order valence-electron chi connectivity index (χ0n) is 13.8. The van der Waals surface area contributed by atoms with Crippen molar-refractivity contribution in [3.63, 3.8) is 0 Å². The molecule has 22 heavy (non-hydrogen) atoms. The molecule has 0 amide bonds. The van der Waals surface area contributed by atoms with E-state index in [1.165, 1.54) is 10.6 Å². The monoisotopic (exact) mass is 312 g/mol. The average Bonchev–Trinajstić information content (AvgIpc) is 2.52. The second kappa shape index (κ2) is 8.10. The maximum atomic E-state index is 4.97. The van der Waals surface area contributed by atoms with Gasteiger partial charge in [0, 0.05) is 22.7 Å². The van der Waals surface area contributed by atoms with Crippen LogP contribution in [0.2, 0.25) is 0 Å². The molecular weight excluding hydrogens is 287 g/mol. The molecule has 116 valence electrons. The summed E-state index contributed by atoms with van der Waals surface area (Å²) in [5.74, 6) is 0. The van der Waals surface area contributed by atoms with Crippen LogP contribution in [-0.2, 0) is 0 Å². The Kier molecular flexibility index (Phi) is 6.15. The van der Waals surface area contributed by atoms with Gasteiger partial charge in [0.05, 0.1) is 14.4 Å². The van der Waals surface area contributed by atoms with Crippen molar-refractivity contribution in [2.24, 2.45) is 4.76 Å². The van der Waals surface area contributed by atoms with Crippen molar-refractivity contribution in [1.29, 1.82) is 0 Å². The predicted octanol–water partition coefficient (Wildman–Crippen LogP) is 4.18. The van der Waals surface area contributed by atoms with Crippen LogP contribution in [0.5, 0.6) is 0 Å². The third-order valence-corrected chi connectivity index (χ3v) is 5.40. The molecule has 2 aromatic rings. The van der Waals surface area contributed by atoms with Crippen LogP contribution in [0.1, 0.15) is 27.7 Å². The summed E-state index contributed by atoms with van der Waals surface area (Å²) in [6.07, 6.45) is 2.04. The fraction of sp³-hybridized carbons (Fsp3) is 0.316. The highest BCUT2D eigenvalue weighted by Gasteiger charge is 2.14. The van der Waals surface area contributed by atoms with Crippen molar-refractivity contribution in [2.45, 2.75) is 39.8 Å². The molecule has 0 saturated carbocycles. The van der Waals surface area contributed by atoms with Gasteiger partial charge in [-0.25, -0.2) is 4.76 Å². The van der Waals surface area contributed by atoms with Crippen LogP contribution in [0.15, 0.2) is 65.4 Å². The summed E-state index contributed by atoms with van der Waals surface area (Å²) in [6.45, 7) is 8.83. The number of hydrogen-bond donors (Lipinski definition) is 0. The zero-order chi connectivity index (χ0) is 15.9. The summed E-state index contributed by atoms with van der Waals surface area (Å²) in [5, 5.41) is 2.57. The zero-order valence-corrected chi connectivity index (χ0v) is 14.7. The average molecular weight is 312 g/mol. The minimum Gasteiger partial charge on any atom is -0.358 e. The third kappa shape index (κ3) is 4.42. The summed E-state index contributed by atoms with van der Waals surface area (Å²) in [4.78, 5) is 2.31. The van der Waals surface area contributed by atoms with E-state index in [1.807, 2.05) is 6.34 Å². The largest absolute Gasteiger partial charge is 0.358 e. The van der Waals surface area contributed by atoms with E-state index in [-0.39, 0.29) is 0 Å². The SMILES string of the molecule is CC(C)N(/C=N/P(c1ccccc1)c1ccccc1)C(C)C. The molecule has 2 rings (SSSR count). The molecular formula is C19H25N2P. The molecule has 0 bridgehead atoms. The van der Waals surface area contributed by atoms with Gasteiger partial charge in [0.1, 0.15) is 0 Å². The number of rotatable bonds is 6. The fourth-order valence-corrected chi connectivity index (χ4v) is 4.09. The Morgan fingerprint density at radius 2 is 1.18 bits per heavy atom. The first-order chi connectivity index (χ1) is 10.6. The van der Waals surface area contributed by atoms with Crippen molar-refractivity contribution in [2.75, 3.05) is 0 Å². The third-order valence-electron chi connectivity index (χ3n) is 3.49. The van der Waals surface area contributed by atoms with Crippen LogP contribution >= 0.6 is 8.07 Å². The Bertz CT molecular complexity index is 531. The van der Waals surface area contributed by atoms with Gasteiger partial charge in [-0.05, 0) is 27.7 Å². The summed E-state index contributed by atoms with van der Waals surface area (Å²) >= 11 is 0. The smallest absolute Gasteiger partial charge is 0.0906 e. The second-order valence-corrected chi connectivity index (χ2v) is 7.74. The summed E-state index contributed by atoms with van der Waals surface area (Å²) in [6, 6.07) is 22.1. The highest BCUT2D eigenvalue weighted by atomic mass is 31.1. The van der Waals surface area contributed by atoms with E-state index in [2.05, 4.69) is 93.3 Å². The van der Waals surface area contributed by atoms with Crippen molar-refractivity contribution in [3.05, 3.63) is 60.7 Å². The van der Waals surface area contributed by atoms with E-state index in [9.17, 15) is 0 Å². The van der Waals surface area contributed by atoms with Crippen molar-refractivity contribution in [3.8, 4) is 0 Å². The van der Waals surface area contributed by atoms with Crippen LogP contribution in [0.3, 0.4) is 0 Å². The van der Waals surface area contributed by atoms with Crippen LogP contribution < -0.4 is 10.6 Å². The molecule has 2 nitrogen and oxygen atoms in total. The summed E-state index contributed by atoms with van der Waals surface area (Å²) in [5.41, 5.74) is 0. The van der Waals surface area contributed by atoms with E-state index in [4.69, 9.17) is 4.76 Å². The molecule has 0 aliphatic rings.